The van der Waals surface area contributed by atoms with E-state index in [1.54, 1.807) is 20.0 Å². The molecule has 1 heterocycles. The number of nitrogens with zero attached hydrogens (tertiary/aromatic N) is 1. The Morgan fingerprint density at radius 3 is 2.75 bits per heavy atom. The topological polar surface area (TPSA) is 48.0 Å². The van der Waals surface area contributed by atoms with E-state index in [4.69, 9.17) is 5.73 Å². The van der Waals surface area contributed by atoms with Gasteiger partial charge in [-0.3, -0.25) is 4.79 Å². The summed E-state index contributed by atoms with van der Waals surface area (Å²) < 4.78 is 14.7. The number of aromatic nitrogens is 1. The Balaban J connectivity index is 3.02. The van der Waals surface area contributed by atoms with Gasteiger partial charge in [0.05, 0.1) is 5.52 Å². The summed E-state index contributed by atoms with van der Waals surface area (Å²) in [6.45, 7) is 1.97. The van der Waals surface area contributed by atoms with Crippen LogP contribution >= 0.6 is 0 Å². The zero-order chi connectivity index (χ0) is 11.9. The number of fused-ring (bicyclic) bond motifs is 1. The minimum absolute atomic E-state index is 0.112. The lowest BCUT2D eigenvalue weighted by molar-refractivity contribution is 0.629. The molecule has 2 aromatic rings. The highest BCUT2D eigenvalue weighted by atomic mass is 19.1. The van der Waals surface area contributed by atoms with Crippen LogP contribution < -0.4 is 11.3 Å². The first-order chi connectivity index (χ1) is 7.56. The van der Waals surface area contributed by atoms with Crippen molar-refractivity contribution in [3.05, 3.63) is 45.5 Å². The average Bonchev–Trinajstić information content (AvgIpc) is 2.27. The highest BCUT2D eigenvalue weighted by Gasteiger charge is 2.10. The standard InChI is InChI=1S/C12H13FN2O/c1-7-9-5-8(13)3-4-11(9)15(2)12(16)10(7)6-14/h3-5H,6,14H2,1-2H3. The van der Waals surface area contributed by atoms with Gasteiger partial charge in [-0.15, -0.1) is 0 Å². The number of nitrogens with two attached hydrogens (primary N) is 1. The molecule has 0 aliphatic carbocycles. The van der Waals surface area contributed by atoms with Crippen molar-refractivity contribution in [3.63, 3.8) is 0 Å². The van der Waals surface area contributed by atoms with E-state index in [0.717, 1.165) is 16.5 Å². The van der Waals surface area contributed by atoms with Gasteiger partial charge >= 0.3 is 0 Å². The number of halogens is 1. The van der Waals surface area contributed by atoms with Crippen molar-refractivity contribution in [1.29, 1.82) is 0 Å². The first-order valence-electron chi connectivity index (χ1n) is 5.04. The molecule has 1 aromatic heterocycles. The van der Waals surface area contributed by atoms with E-state index >= 15 is 0 Å². The molecular formula is C12H13FN2O. The highest BCUT2D eigenvalue weighted by molar-refractivity contribution is 5.83. The minimum atomic E-state index is -0.308. The van der Waals surface area contributed by atoms with E-state index in [9.17, 15) is 9.18 Å². The van der Waals surface area contributed by atoms with Crippen LogP contribution in [0.3, 0.4) is 0 Å². The van der Waals surface area contributed by atoms with E-state index in [1.165, 1.54) is 16.7 Å². The Labute approximate surface area is 92.3 Å². The lowest BCUT2D eigenvalue weighted by atomic mass is 10.0. The van der Waals surface area contributed by atoms with Gasteiger partial charge in [-0.25, -0.2) is 4.39 Å². The van der Waals surface area contributed by atoms with E-state index in [1.807, 2.05) is 0 Å². The summed E-state index contributed by atoms with van der Waals surface area (Å²) in [6.07, 6.45) is 0. The second-order valence-corrected chi connectivity index (χ2v) is 3.83. The molecule has 0 saturated heterocycles. The quantitative estimate of drug-likeness (QED) is 0.790. The highest BCUT2D eigenvalue weighted by Crippen LogP contribution is 2.19. The van der Waals surface area contributed by atoms with Crippen molar-refractivity contribution in [3.8, 4) is 0 Å². The van der Waals surface area contributed by atoms with Gasteiger partial charge in [0, 0.05) is 24.5 Å². The maximum Gasteiger partial charge on any atom is 0.255 e. The van der Waals surface area contributed by atoms with Crippen molar-refractivity contribution >= 4 is 10.9 Å². The van der Waals surface area contributed by atoms with Crippen LogP contribution in [-0.2, 0) is 13.6 Å². The molecule has 2 rings (SSSR count). The van der Waals surface area contributed by atoms with Gasteiger partial charge in [0.15, 0.2) is 0 Å². The number of hydrogen-bond acceptors (Lipinski definition) is 2. The number of benzene rings is 1. The molecule has 16 heavy (non-hydrogen) atoms. The third-order valence-corrected chi connectivity index (χ3v) is 2.94. The second-order valence-electron chi connectivity index (χ2n) is 3.83. The van der Waals surface area contributed by atoms with E-state index in [-0.39, 0.29) is 17.9 Å². The van der Waals surface area contributed by atoms with Gasteiger partial charge in [0.1, 0.15) is 5.82 Å². The van der Waals surface area contributed by atoms with Crippen LogP contribution in [0.15, 0.2) is 23.0 Å². The molecule has 0 radical (unpaired) electrons. The molecule has 0 unspecified atom stereocenters. The number of rotatable bonds is 1. The van der Waals surface area contributed by atoms with E-state index in [0.29, 0.717) is 5.56 Å². The fourth-order valence-corrected chi connectivity index (χ4v) is 1.98. The predicted molar refractivity (Wildman–Crippen MR) is 61.8 cm³/mol. The number of hydrogen-bond donors (Lipinski definition) is 1. The Bertz CT molecular complexity index is 616. The van der Waals surface area contributed by atoms with Gasteiger partial charge in [-0.1, -0.05) is 0 Å². The van der Waals surface area contributed by atoms with Crippen LogP contribution in [0.5, 0.6) is 0 Å². The SMILES string of the molecule is Cc1c(CN)c(=O)n(C)c2ccc(F)cc12. The van der Waals surface area contributed by atoms with E-state index < -0.39 is 0 Å². The Morgan fingerprint density at radius 1 is 1.44 bits per heavy atom. The number of pyridine rings is 1. The first-order valence-corrected chi connectivity index (χ1v) is 5.04. The summed E-state index contributed by atoms with van der Waals surface area (Å²) in [5.41, 5.74) is 7.46. The third-order valence-electron chi connectivity index (χ3n) is 2.94. The molecule has 3 nitrogen and oxygen atoms in total. The molecule has 84 valence electrons. The van der Waals surface area contributed by atoms with Crippen molar-refractivity contribution < 1.29 is 4.39 Å². The maximum atomic E-state index is 13.2. The lowest BCUT2D eigenvalue weighted by Gasteiger charge is -2.11. The fraction of sp³-hybridized carbons (Fsp3) is 0.250. The molecule has 4 heteroatoms. The Morgan fingerprint density at radius 2 is 2.12 bits per heavy atom. The molecule has 1 aromatic carbocycles. The molecular weight excluding hydrogens is 207 g/mol. The summed E-state index contributed by atoms with van der Waals surface area (Å²) >= 11 is 0. The van der Waals surface area contributed by atoms with Crippen LogP contribution in [0.2, 0.25) is 0 Å². The van der Waals surface area contributed by atoms with Gasteiger partial charge in [0.2, 0.25) is 0 Å². The molecule has 0 spiro atoms. The van der Waals surface area contributed by atoms with Gasteiger partial charge in [-0.05, 0) is 30.7 Å². The van der Waals surface area contributed by atoms with Crippen LogP contribution in [0.4, 0.5) is 4.39 Å². The van der Waals surface area contributed by atoms with Crippen LogP contribution in [0, 0.1) is 12.7 Å². The summed E-state index contributed by atoms with van der Waals surface area (Å²) in [6, 6.07) is 4.39. The number of aryl methyl sites for hydroxylation is 2. The Kier molecular flexibility index (Phi) is 2.52. The molecule has 0 fully saturated rings. The first kappa shape index (κ1) is 10.8. The maximum absolute atomic E-state index is 13.2. The fourth-order valence-electron chi connectivity index (χ4n) is 1.98. The molecule has 0 amide bonds. The summed E-state index contributed by atoms with van der Waals surface area (Å²) in [7, 11) is 1.67. The van der Waals surface area contributed by atoms with Crippen molar-refractivity contribution in [2.45, 2.75) is 13.5 Å². The van der Waals surface area contributed by atoms with Crippen LogP contribution in [-0.4, -0.2) is 4.57 Å². The smallest absolute Gasteiger partial charge is 0.255 e. The summed E-state index contributed by atoms with van der Waals surface area (Å²) in [4.78, 5) is 11.9. The minimum Gasteiger partial charge on any atom is -0.326 e. The molecule has 0 atom stereocenters. The third kappa shape index (κ3) is 1.42. The molecule has 0 aliphatic heterocycles. The molecule has 0 bridgehead atoms. The normalized spacial score (nSPS) is 11.0. The van der Waals surface area contributed by atoms with Crippen LogP contribution in [0.25, 0.3) is 10.9 Å². The summed E-state index contributed by atoms with van der Waals surface area (Å²) in [5.74, 6) is -0.308. The van der Waals surface area contributed by atoms with E-state index in [2.05, 4.69) is 0 Å². The van der Waals surface area contributed by atoms with Crippen molar-refractivity contribution in [2.24, 2.45) is 12.8 Å². The molecule has 2 N–H and O–H groups in total. The van der Waals surface area contributed by atoms with Crippen molar-refractivity contribution in [2.75, 3.05) is 0 Å². The Hall–Kier alpha value is -1.68. The zero-order valence-corrected chi connectivity index (χ0v) is 9.25. The van der Waals surface area contributed by atoms with Crippen molar-refractivity contribution in [1.82, 2.24) is 4.57 Å². The average molecular weight is 220 g/mol. The zero-order valence-electron chi connectivity index (χ0n) is 9.25. The predicted octanol–water partition coefficient (Wildman–Crippen LogP) is 1.44. The lowest BCUT2D eigenvalue weighted by Crippen LogP contribution is -2.25. The van der Waals surface area contributed by atoms with Gasteiger partial charge < -0.3 is 10.3 Å². The molecule has 0 saturated carbocycles. The van der Waals surface area contributed by atoms with Gasteiger partial charge in [-0.2, -0.15) is 0 Å². The molecule has 0 aliphatic rings. The summed E-state index contributed by atoms with van der Waals surface area (Å²) in [5, 5.41) is 0.738. The van der Waals surface area contributed by atoms with Crippen LogP contribution in [0.1, 0.15) is 11.1 Å². The monoisotopic (exact) mass is 220 g/mol. The largest absolute Gasteiger partial charge is 0.326 e. The van der Waals surface area contributed by atoms with Gasteiger partial charge in [0.25, 0.3) is 5.56 Å². The second kappa shape index (κ2) is 3.72.